The number of nitrogens with zero attached hydrogens (tertiary/aromatic N) is 2. The van der Waals surface area contributed by atoms with E-state index in [0.29, 0.717) is 29.1 Å². The normalized spacial score (nSPS) is 12.6. The van der Waals surface area contributed by atoms with E-state index in [0.717, 1.165) is 17.5 Å². The summed E-state index contributed by atoms with van der Waals surface area (Å²) in [7, 11) is 0. The third kappa shape index (κ3) is 4.60. The van der Waals surface area contributed by atoms with Crippen LogP contribution in [0.25, 0.3) is 10.1 Å². The number of aromatic nitrogens is 2. The zero-order valence-electron chi connectivity index (χ0n) is 16.1. The molecule has 0 saturated heterocycles. The number of hydrogen-bond acceptors (Lipinski definition) is 7. The van der Waals surface area contributed by atoms with Crippen LogP contribution in [0.15, 0.2) is 34.7 Å². The van der Waals surface area contributed by atoms with Crippen molar-refractivity contribution in [2.24, 2.45) is 5.92 Å². The fraction of sp³-hybridized carbons (Fsp3) is 0.263. The number of carbonyl (C=O) groups is 1. The topological polar surface area (TPSA) is 123 Å². The van der Waals surface area contributed by atoms with E-state index < -0.39 is 0 Å². The van der Waals surface area contributed by atoms with Crippen LogP contribution in [-0.4, -0.2) is 27.2 Å². The summed E-state index contributed by atoms with van der Waals surface area (Å²) < 4.78 is 2.49. The van der Waals surface area contributed by atoms with Crippen LogP contribution in [0.5, 0.6) is 0 Å². The maximum atomic E-state index is 12.7. The van der Waals surface area contributed by atoms with Crippen LogP contribution in [0.3, 0.4) is 0 Å². The molecule has 29 heavy (non-hydrogen) atoms. The SMILES string of the molecule is CCn1ccc2scc(Nc3cc(NC(=O)C4CC4)ncc3[C-]=O)c2c1=O.[Li+].[OH-]. The number of aryl methyl sites for hydroxylation is 1. The number of amides is 1. The zero-order chi connectivity index (χ0) is 19.0. The maximum Gasteiger partial charge on any atom is 1.00 e. The summed E-state index contributed by atoms with van der Waals surface area (Å²) in [6.45, 7) is 2.48. The maximum absolute atomic E-state index is 12.7. The summed E-state index contributed by atoms with van der Waals surface area (Å²) in [6.07, 6.45) is 6.75. The number of fused-ring (bicyclic) bond motifs is 1. The fourth-order valence-corrected chi connectivity index (χ4v) is 3.73. The molecule has 10 heteroatoms. The molecule has 0 atom stereocenters. The molecule has 3 N–H and O–H groups in total. The van der Waals surface area contributed by atoms with Gasteiger partial charge in [-0.25, -0.2) is 0 Å². The summed E-state index contributed by atoms with van der Waals surface area (Å²) in [4.78, 5) is 40.0. The second-order valence-corrected chi connectivity index (χ2v) is 7.31. The van der Waals surface area contributed by atoms with Crippen molar-refractivity contribution in [3.63, 3.8) is 0 Å². The Morgan fingerprint density at radius 2 is 2.14 bits per heavy atom. The molecule has 3 heterocycles. The number of rotatable bonds is 6. The smallest absolute Gasteiger partial charge is 0.870 e. The molecule has 0 aliphatic heterocycles. The van der Waals surface area contributed by atoms with Gasteiger partial charge in [-0.1, -0.05) is 18.0 Å². The first-order valence-electron chi connectivity index (χ1n) is 8.67. The monoisotopic (exact) mass is 405 g/mol. The first kappa shape index (κ1) is 22.8. The number of carbonyl (C=O) groups excluding carboxylic acids is 2. The molecule has 0 unspecified atom stereocenters. The Kier molecular flexibility index (Phi) is 7.38. The van der Waals surface area contributed by atoms with Crippen molar-refractivity contribution in [1.82, 2.24) is 9.55 Å². The van der Waals surface area contributed by atoms with Gasteiger partial charge in [0.15, 0.2) is 0 Å². The van der Waals surface area contributed by atoms with E-state index in [2.05, 4.69) is 15.6 Å². The summed E-state index contributed by atoms with van der Waals surface area (Å²) in [6, 6.07) is 3.49. The van der Waals surface area contributed by atoms with E-state index in [4.69, 9.17) is 0 Å². The Balaban J connectivity index is 0.00000150. The second kappa shape index (κ2) is 9.37. The van der Waals surface area contributed by atoms with Gasteiger partial charge in [0.1, 0.15) is 5.82 Å². The van der Waals surface area contributed by atoms with Crippen LogP contribution in [0.4, 0.5) is 17.2 Å². The van der Waals surface area contributed by atoms with Gasteiger partial charge in [-0.15, -0.1) is 16.9 Å². The molecule has 3 aromatic rings. The van der Waals surface area contributed by atoms with E-state index in [1.807, 2.05) is 24.7 Å². The van der Waals surface area contributed by atoms with Gasteiger partial charge in [-0.2, -0.15) is 0 Å². The Morgan fingerprint density at radius 1 is 1.38 bits per heavy atom. The minimum absolute atomic E-state index is 0. The van der Waals surface area contributed by atoms with Gasteiger partial charge in [-0.3, -0.25) is 9.59 Å². The van der Waals surface area contributed by atoms with Gasteiger partial charge in [0.05, 0.1) is 17.4 Å². The van der Waals surface area contributed by atoms with E-state index >= 15 is 0 Å². The Labute approximate surface area is 182 Å². The van der Waals surface area contributed by atoms with Gasteiger partial charge in [0, 0.05) is 28.7 Å². The van der Waals surface area contributed by atoms with Crippen molar-refractivity contribution in [3.8, 4) is 0 Å². The molecule has 1 aliphatic rings. The molecule has 1 amide bonds. The van der Waals surface area contributed by atoms with Gasteiger partial charge in [-0.05, 0) is 25.8 Å². The Hall–Kier alpha value is -2.44. The zero-order valence-corrected chi connectivity index (χ0v) is 16.9. The van der Waals surface area contributed by atoms with Crippen LogP contribution >= 0.6 is 11.3 Å². The van der Waals surface area contributed by atoms with E-state index in [1.54, 1.807) is 16.8 Å². The van der Waals surface area contributed by atoms with E-state index in [1.165, 1.54) is 17.5 Å². The summed E-state index contributed by atoms with van der Waals surface area (Å²) in [5.74, 6) is 0.343. The van der Waals surface area contributed by atoms with Gasteiger partial charge in [0.2, 0.25) is 5.91 Å². The minimum atomic E-state index is -0.0910. The average molecular weight is 405 g/mol. The molecule has 0 radical (unpaired) electrons. The van der Waals surface area contributed by atoms with Crippen molar-refractivity contribution in [2.45, 2.75) is 26.3 Å². The Morgan fingerprint density at radius 3 is 2.79 bits per heavy atom. The van der Waals surface area contributed by atoms with Gasteiger partial charge < -0.3 is 30.5 Å². The molecule has 1 aliphatic carbocycles. The third-order valence-electron chi connectivity index (χ3n) is 4.52. The molecule has 0 aromatic carbocycles. The van der Waals surface area contributed by atoms with Crippen LogP contribution < -0.4 is 35.1 Å². The first-order valence-corrected chi connectivity index (χ1v) is 9.55. The molecule has 8 nitrogen and oxygen atoms in total. The summed E-state index contributed by atoms with van der Waals surface area (Å²) >= 11 is 1.45. The van der Waals surface area contributed by atoms with Crippen molar-refractivity contribution in [1.29, 1.82) is 0 Å². The predicted molar refractivity (Wildman–Crippen MR) is 107 cm³/mol. The fourth-order valence-electron chi connectivity index (χ4n) is 2.85. The standard InChI is InChI=1S/C19H17N4O3S.Li.H2O/c1-2-23-6-5-15-17(19(23)26)14(10-27-15)21-13-7-16(20-8-12(13)9-24)22-18(25)11-3-4-11;;/h5-8,10-11H,2-4H2,1H3,(H2,20,21,22,25);;1H2/q-1;+1;/p-1. The number of hydrogen-bond donors (Lipinski definition) is 2. The predicted octanol–water partition coefficient (Wildman–Crippen LogP) is -0.145. The van der Waals surface area contributed by atoms with Crippen molar-refractivity contribution < 1.29 is 33.9 Å². The summed E-state index contributed by atoms with van der Waals surface area (Å²) in [5.41, 5.74) is 1.19. The number of anilines is 3. The molecular weight excluding hydrogens is 387 g/mol. The van der Waals surface area contributed by atoms with Crippen LogP contribution in [0.2, 0.25) is 0 Å². The van der Waals surface area contributed by atoms with Crippen LogP contribution in [0.1, 0.15) is 25.3 Å². The largest absolute Gasteiger partial charge is 1.00 e. The number of pyridine rings is 2. The molecule has 4 rings (SSSR count). The quantitative estimate of drug-likeness (QED) is 0.435. The molecular formula is C19H18LiN4O4S-. The number of nitrogens with one attached hydrogen (secondary N) is 2. The molecule has 146 valence electrons. The molecule has 0 bridgehead atoms. The van der Waals surface area contributed by atoms with Crippen LogP contribution in [-0.2, 0) is 16.1 Å². The summed E-state index contributed by atoms with van der Waals surface area (Å²) in [5, 5.41) is 8.31. The molecule has 0 spiro atoms. The Bertz CT molecular complexity index is 1110. The van der Waals surface area contributed by atoms with Crippen molar-refractivity contribution in [3.05, 3.63) is 45.8 Å². The minimum Gasteiger partial charge on any atom is -0.870 e. The van der Waals surface area contributed by atoms with Gasteiger partial charge >= 0.3 is 18.9 Å². The number of thiophene rings is 1. The van der Waals surface area contributed by atoms with Crippen LogP contribution in [0, 0.1) is 5.92 Å². The average Bonchev–Trinajstić information content (AvgIpc) is 3.44. The molecule has 3 aromatic heterocycles. The molecule has 1 fully saturated rings. The van der Waals surface area contributed by atoms with E-state index in [-0.39, 0.29) is 47.3 Å². The van der Waals surface area contributed by atoms with E-state index in [9.17, 15) is 14.4 Å². The van der Waals surface area contributed by atoms with Crippen molar-refractivity contribution in [2.75, 3.05) is 10.6 Å². The van der Waals surface area contributed by atoms with Gasteiger partial charge in [0.25, 0.3) is 5.56 Å². The first-order chi connectivity index (χ1) is 13.1. The third-order valence-corrected chi connectivity index (χ3v) is 5.47. The molecule has 1 saturated carbocycles. The van der Waals surface area contributed by atoms with Crippen molar-refractivity contribution >= 4 is 50.8 Å². The second-order valence-electron chi connectivity index (χ2n) is 6.40.